The number of aliphatic hydroxyl groups is 1. The molecule has 4 nitrogen and oxygen atoms in total. The van der Waals surface area contributed by atoms with Crippen molar-refractivity contribution in [3.8, 4) is 5.75 Å². The third-order valence-electron chi connectivity index (χ3n) is 2.06. The molecule has 17 heavy (non-hydrogen) atoms. The molecule has 94 valence electrons. The van der Waals surface area contributed by atoms with E-state index in [1.165, 1.54) is 19.2 Å². The van der Waals surface area contributed by atoms with Crippen molar-refractivity contribution >= 4 is 21.9 Å². The van der Waals surface area contributed by atoms with E-state index in [0.29, 0.717) is 4.47 Å². The van der Waals surface area contributed by atoms with Crippen LogP contribution in [-0.4, -0.2) is 24.8 Å². The number of esters is 1. The van der Waals surface area contributed by atoms with Crippen molar-refractivity contribution in [2.75, 3.05) is 13.7 Å². The van der Waals surface area contributed by atoms with Crippen LogP contribution in [0.3, 0.4) is 0 Å². The zero-order valence-corrected chi connectivity index (χ0v) is 11.0. The van der Waals surface area contributed by atoms with Crippen molar-refractivity contribution in [1.82, 2.24) is 0 Å². The number of halogens is 2. The summed E-state index contributed by atoms with van der Waals surface area (Å²) in [6.45, 7) is 1.71. The zero-order chi connectivity index (χ0) is 13.0. The number of benzene rings is 1. The number of rotatable bonds is 4. The summed E-state index contributed by atoms with van der Waals surface area (Å²) in [6.07, 6.45) is -1.67. The SMILES string of the molecule is CCOC(=O)C(O)c1cc(Br)cc(OC)c1F. The van der Waals surface area contributed by atoms with Gasteiger partial charge in [-0.15, -0.1) is 0 Å². The van der Waals surface area contributed by atoms with E-state index in [1.54, 1.807) is 6.92 Å². The monoisotopic (exact) mass is 306 g/mol. The lowest BCUT2D eigenvalue weighted by molar-refractivity contribution is -0.153. The van der Waals surface area contributed by atoms with Gasteiger partial charge in [-0.25, -0.2) is 9.18 Å². The van der Waals surface area contributed by atoms with E-state index in [-0.39, 0.29) is 17.9 Å². The molecule has 1 atom stereocenters. The van der Waals surface area contributed by atoms with E-state index in [1.807, 2.05) is 0 Å². The zero-order valence-electron chi connectivity index (χ0n) is 9.37. The van der Waals surface area contributed by atoms with Gasteiger partial charge in [-0.1, -0.05) is 15.9 Å². The van der Waals surface area contributed by atoms with Crippen molar-refractivity contribution in [3.63, 3.8) is 0 Å². The second-order valence-electron chi connectivity index (χ2n) is 3.17. The second-order valence-corrected chi connectivity index (χ2v) is 4.08. The number of aliphatic hydroxyl groups excluding tert-OH is 1. The van der Waals surface area contributed by atoms with Crippen LogP contribution in [0.15, 0.2) is 16.6 Å². The quantitative estimate of drug-likeness (QED) is 0.866. The Morgan fingerprint density at radius 1 is 1.59 bits per heavy atom. The summed E-state index contributed by atoms with van der Waals surface area (Å²) in [5.74, 6) is -1.74. The van der Waals surface area contributed by atoms with Crippen LogP contribution in [0.1, 0.15) is 18.6 Å². The summed E-state index contributed by atoms with van der Waals surface area (Å²) in [5.41, 5.74) is -0.185. The summed E-state index contributed by atoms with van der Waals surface area (Å²) in [7, 11) is 1.30. The molecule has 0 fully saturated rings. The molecule has 0 aliphatic rings. The minimum Gasteiger partial charge on any atom is -0.494 e. The van der Waals surface area contributed by atoms with E-state index in [9.17, 15) is 14.3 Å². The maximum atomic E-state index is 13.8. The molecule has 0 radical (unpaired) electrons. The summed E-state index contributed by atoms with van der Waals surface area (Å²) in [5, 5.41) is 9.65. The first-order valence-electron chi connectivity index (χ1n) is 4.88. The fraction of sp³-hybridized carbons (Fsp3) is 0.364. The lowest BCUT2D eigenvalue weighted by Crippen LogP contribution is -2.17. The highest BCUT2D eigenvalue weighted by molar-refractivity contribution is 9.10. The highest BCUT2D eigenvalue weighted by Crippen LogP contribution is 2.30. The summed E-state index contributed by atoms with van der Waals surface area (Å²) in [4.78, 5) is 11.3. The average Bonchev–Trinajstić information content (AvgIpc) is 2.31. The van der Waals surface area contributed by atoms with Crippen LogP contribution in [0.5, 0.6) is 5.75 Å². The molecule has 0 amide bonds. The Labute approximate surface area is 106 Å². The Bertz CT molecular complexity index is 422. The molecule has 6 heteroatoms. The van der Waals surface area contributed by atoms with Gasteiger partial charge >= 0.3 is 5.97 Å². The van der Waals surface area contributed by atoms with E-state index in [2.05, 4.69) is 20.7 Å². The normalized spacial score (nSPS) is 12.1. The first-order chi connectivity index (χ1) is 8.01. The van der Waals surface area contributed by atoms with Gasteiger partial charge in [0.15, 0.2) is 17.7 Å². The van der Waals surface area contributed by atoms with Gasteiger partial charge in [0, 0.05) is 10.0 Å². The van der Waals surface area contributed by atoms with E-state index in [0.717, 1.165) is 0 Å². The molecule has 1 N–H and O–H groups in total. The maximum absolute atomic E-state index is 13.8. The van der Waals surface area contributed by atoms with Crippen molar-refractivity contribution in [1.29, 1.82) is 0 Å². The number of methoxy groups -OCH3 is 1. The molecule has 0 spiro atoms. The van der Waals surface area contributed by atoms with Gasteiger partial charge < -0.3 is 14.6 Å². The van der Waals surface area contributed by atoms with Crippen LogP contribution < -0.4 is 4.74 Å². The number of hydrogen-bond donors (Lipinski definition) is 1. The molecule has 0 aromatic heterocycles. The first kappa shape index (κ1) is 13.9. The first-order valence-corrected chi connectivity index (χ1v) is 5.68. The fourth-order valence-corrected chi connectivity index (χ4v) is 1.73. The Kier molecular flexibility index (Phi) is 4.89. The smallest absolute Gasteiger partial charge is 0.339 e. The van der Waals surface area contributed by atoms with E-state index >= 15 is 0 Å². The molecule has 0 aliphatic carbocycles. The molecule has 1 aromatic rings. The van der Waals surface area contributed by atoms with Gasteiger partial charge in [0.05, 0.1) is 13.7 Å². The Morgan fingerprint density at radius 2 is 2.24 bits per heavy atom. The number of hydrogen-bond acceptors (Lipinski definition) is 4. The molecule has 0 saturated heterocycles. The molecular formula is C11H12BrFO4. The topological polar surface area (TPSA) is 55.8 Å². The van der Waals surface area contributed by atoms with Crippen molar-refractivity contribution < 1.29 is 23.8 Å². The van der Waals surface area contributed by atoms with E-state index < -0.39 is 17.9 Å². The van der Waals surface area contributed by atoms with Crippen molar-refractivity contribution in [2.24, 2.45) is 0 Å². The fourth-order valence-electron chi connectivity index (χ4n) is 1.28. The highest BCUT2D eigenvalue weighted by atomic mass is 79.9. The predicted octanol–water partition coefficient (Wildman–Crippen LogP) is 2.19. The van der Waals surface area contributed by atoms with Crippen LogP contribution in [0.2, 0.25) is 0 Å². The standard InChI is InChI=1S/C11H12BrFO4/c1-3-17-11(15)10(14)7-4-6(12)5-8(16-2)9(7)13/h4-5,10,14H,3H2,1-2H3. The largest absolute Gasteiger partial charge is 0.494 e. The minimum absolute atomic E-state index is 0.0577. The number of carbonyl (C=O) groups excluding carboxylic acids is 1. The molecule has 0 saturated carbocycles. The van der Waals surface area contributed by atoms with Gasteiger partial charge in [0.2, 0.25) is 0 Å². The molecule has 1 aromatic carbocycles. The average molecular weight is 307 g/mol. The number of ether oxygens (including phenoxy) is 2. The molecule has 0 bridgehead atoms. The molecule has 1 unspecified atom stereocenters. The number of carbonyl (C=O) groups is 1. The summed E-state index contributed by atoms with van der Waals surface area (Å²) in [6, 6.07) is 2.70. The van der Waals surface area contributed by atoms with Gasteiger partial charge in [-0.05, 0) is 19.1 Å². The molecule has 0 heterocycles. The third kappa shape index (κ3) is 3.17. The van der Waals surface area contributed by atoms with Crippen LogP contribution in [0.25, 0.3) is 0 Å². The summed E-state index contributed by atoms with van der Waals surface area (Å²) < 4.78 is 23.7. The van der Waals surface area contributed by atoms with Gasteiger partial charge in [0.1, 0.15) is 0 Å². The minimum atomic E-state index is -1.67. The van der Waals surface area contributed by atoms with Crippen molar-refractivity contribution in [3.05, 3.63) is 28.0 Å². The predicted molar refractivity (Wildman–Crippen MR) is 62.2 cm³/mol. The lowest BCUT2D eigenvalue weighted by Gasteiger charge is -2.13. The maximum Gasteiger partial charge on any atom is 0.339 e. The van der Waals surface area contributed by atoms with Gasteiger partial charge in [-0.2, -0.15) is 0 Å². The third-order valence-corrected chi connectivity index (χ3v) is 2.51. The summed E-state index contributed by atoms with van der Waals surface area (Å²) >= 11 is 3.13. The van der Waals surface area contributed by atoms with Gasteiger partial charge in [0.25, 0.3) is 0 Å². The highest BCUT2D eigenvalue weighted by Gasteiger charge is 2.24. The van der Waals surface area contributed by atoms with Gasteiger partial charge in [-0.3, -0.25) is 0 Å². The van der Waals surface area contributed by atoms with E-state index in [4.69, 9.17) is 4.74 Å². The van der Waals surface area contributed by atoms with Crippen molar-refractivity contribution in [2.45, 2.75) is 13.0 Å². The second kappa shape index (κ2) is 5.97. The van der Waals surface area contributed by atoms with Crippen LogP contribution >= 0.6 is 15.9 Å². The molecular weight excluding hydrogens is 295 g/mol. The molecule has 0 aliphatic heterocycles. The molecule has 1 rings (SSSR count). The Morgan fingerprint density at radius 3 is 2.76 bits per heavy atom. The Balaban J connectivity index is 3.12. The Hall–Kier alpha value is -1.14. The lowest BCUT2D eigenvalue weighted by atomic mass is 10.1. The van der Waals surface area contributed by atoms with Crippen LogP contribution in [0, 0.1) is 5.82 Å². The van der Waals surface area contributed by atoms with Crippen LogP contribution in [0.4, 0.5) is 4.39 Å². The van der Waals surface area contributed by atoms with Crippen LogP contribution in [-0.2, 0) is 9.53 Å².